The minimum absolute atomic E-state index is 0.0791. The molecule has 110 valence electrons. The molecule has 0 fully saturated rings. The van der Waals surface area contributed by atoms with Crippen LogP contribution in [0.1, 0.15) is 12.0 Å². The van der Waals surface area contributed by atoms with Crippen molar-refractivity contribution in [3.63, 3.8) is 0 Å². The molecule has 1 aromatic rings. The maximum Gasteiger partial charge on any atom is 0.174 e. The third-order valence-electron chi connectivity index (χ3n) is 2.60. The maximum absolute atomic E-state index is 8.47. The second-order valence-electron chi connectivity index (χ2n) is 4.23. The Morgan fingerprint density at radius 2 is 2.15 bits per heavy atom. The van der Waals surface area contributed by atoms with Gasteiger partial charge in [0.1, 0.15) is 11.8 Å². The van der Waals surface area contributed by atoms with Gasteiger partial charge in [-0.3, -0.25) is 0 Å². The van der Waals surface area contributed by atoms with Gasteiger partial charge in [-0.05, 0) is 30.7 Å². The fourth-order valence-electron chi connectivity index (χ4n) is 1.64. The predicted molar refractivity (Wildman–Crippen MR) is 76.6 cm³/mol. The summed E-state index contributed by atoms with van der Waals surface area (Å²) in [7, 11) is 1.67. The molecular formula is C15H22N2O3. The lowest BCUT2D eigenvalue weighted by atomic mass is 10.2. The molecule has 20 heavy (non-hydrogen) atoms. The van der Waals surface area contributed by atoms with E-state index in [2.05, 4.69) is 5.32 Å². The molecule has 5 nitrogen and oxygen atoms in total. The summed E-state index contributed by atoms with van der Waals surface area (Å²) < 4.78 is 15.5. The van der Waals surface area contributed by atoms with Gasteiger partial charge in [0.25, 0.3) is 0 Å². The van der Waals surface area contributed by atoms with Crippen molar-refractivity contribution in [1.29, 1.82) is 5.26 Å². The summed E-state index contributed by atoms with van der Waals surface area (Å²) in [5.74, 6) is 0.730. The van der Waals surface area contributed by atoms with E-state index in [9.17, 15) is 0 Å². The van der Waals surface area contributed by atoms with Crippen LogP contribution in [0.25, 0.3) is 0 Å². The fourth-order valence-corrected chi connectivity index (χ4v) is 1.64. The van der Waals surface area contributed by atoms with E-state index in [-0.39, 0.29) is 6.61 Å². The van der Waals surface area contributed by atoms with Gasteiger partial charge in [-0.25, -0.2) is 0 Å². The van der Waals surface area contributed by atoms with Crippen molar-refractivity contribution in [2.45, 2.75) is 13.0 Å². The van der Waals surface area contributed by atoms with Gasteiger partial charge in [-0.1, -0.05) is 12.1 Å². The van der Waals surface area contributed by atoms with Crippen LogP contribution in [0.5, 0.6) is 5.75 Å². The number of methoxy groups -OCH3 is 1. The first-order valence-electron chi connectivity index (χ1n) is 6.73. The van der Waals surface area contributed by atoms with E-state index >= 15 is 0 Å². The highest BCUT2D eigenvalue weighted by Crippen LogP contribution is 2.12. The summed E-state index contributed by atoms with van der Waals surface area (Å²) in [5, 5.41) is 11.8. The molecule has 0 bridgehead atoms. The van der Waals surface area contributed by atoms with Crippen molar-refractivity contribution in [3.05, 3.63) is 29.8 Å². The number of hydrogen-bond donors (Lipinski definition) is 1. The predicted octanol–water partition coefficient (Wildman–Crippen LogP) is 1.73. The number of rotatable bonds is 11. The lowest BCUT2D eigenvalue weighted by Crippen LogP contribution is -2.17. The Kier molecular flexibility index (Phi) is 9.24. The Morgan fingerprint density at radius 1 is 1.25 bits per heavy atom. The first-order chi connectivity index (χ1) is 9.86. The molecule has 1 rings (SSSR count). The van der Waals surface area contributed by atoms with E-state index < -0.39 is 0 Å². The van der Waals surface area contributed by atoms with Gasteiger partial charge in [0, 0.05) is 20.3 Å². The summed E-state index contributed by atoms with van der Waals surface area (Å²) >= 11 is 0. The van der Waals surface area contributed by atoms with Crippen LogP contribution < -0.4 is 10.1 Å². The summed E-state index contributed by atoms with van der Waals surface area (Å²) in [6, 6.07) is 9.71. The van der Waals surface area contributed by atoms with E-state index in [4.69, 9.17) is 19.5 Å². The molecule has 0 aliphatic carbocycles. The Balaban J connectivity index is 2.11. The summed E-state index contributed by atoms with van der Waals surface area (Å²) in [5.41, 5.74) is 1.14. The lowest BCUT2D eigenvalue weighted by Gasteiger charge is -2.07. The highest BCUT2D eigenvalue weighted by atomic mass is 16.5. The van der Waals surface area contributed by atoms with Crippen LogP contribution in [0.3, 0.4) is 0 Å². The number of nitrogens with one attached hydrogen (secondary N) is 1. The van der Waals surface area contributed by atoms with Crippen LogP contribution in [-0.4, -0.2) is 40.1 Å². The van der Waals surface area contributed by atoms with Crippen LogP contribution in [0.4, 0.5) is 0 Å². The van der Waals surface area contributed by atoms with Crippen molar-refractivity contribution in [1.82, 2.24) is 5.32 Å². The molecule has 0 atom stereocenters. The van der Waals surface area contributed by atoms with E-state index in [1.54, 1.807) is 7.11 Å². The zero-order chi connectivity index (χ0) is 14.5. The Bertz CT molecular complexity index is 404. The minimum Gasteiger partial charge on any atom is -0.479 e. The van der Waals surface area contributed by atoms with Crippen LogP contribution in [0.2, 0.25) is 0 Å². The van der Waals surface area contributed by atoms with Gasteiger partial charge in [0.15, 0.2) is 6.61 Å². The van der Waals surface area contributed by atoms with E-state index in [0.717, 1.165) is 37.4 Å². The van der Waals surface area contributed by atoms with Crippen LogP contribution >= 0.6 is 0 Å². The molecule has 0 radical (unpaired) electrons. The van der Waals surface area contributed by atoms with Crippen molar-refractivity contribution >= 4 is 0 Å². The largest absolute Gasteiger partial charge is 0.479 e. The molecule has 0 heterocycles. The van der Waals surface area contributed by atoms with Crippen LogP contribution in [0, 0.1) is 11.3 Å². The molecule has 1 aromatic carbocycles. The monoisotopic (exact) mass is 278 g/mol. The van der Waals surface area contributed by atoms with E-state index in [0.29, 0.717) is 13.2 Å². The number of nitriles is 1. The van der Waals surface area contributed by atoms with Crippen molar-refractivity contribution < 1.29 is 14.2 Å². The van der Waals surface area contributed by atoms with Crippen molar-refractivity contribution in [3.8, 4) is 11.8 Å². The standard InChI is InChI=1S/C15H22N2O3/c1-18-10-11-19-8-3-7-17-13-14-4-2-5-15(12-14)20-9-6-16/h2,4-5,12,17H,3,7-11,13H2,1H3. The topological polar surface area (TPSA) is 63.5 Å². The Morgan fingerprint density at radius 3 is 2.95 bits per heavy atom. The Labute approximate surface area is 120 Å². The second-order valence-corrected chi connectivity index (χ2v) is 4.23. The molecule has 0 amide bonds. The average molecular weight is 278 g/mol. The van der Waals surface area contributed by atoms with Crippen molar-refractivity contribution in [2.24, 2.45) is 0 Å². The first kappa shape index (κ1) is 16.4. The lowest BCUT2D eigenvalue weighted by molar-refractivity contribution is 0.0695. The third-order valence-corrected chi connectivity index (χ3v) is 2.60. The zero-order valence-electron chi connectivity index (χ0n) is 11.9. The smallest absolute Gasteiger partial charge is 0.174 e. The van der Waals surface area contributed by atoms with Crippen LogP contribution in [-0.2, 0) is 16.0 Å². The van der Waals surface area contributed by atoms with E-state index in [1.165, 1.54) is 0 Å². The quantitative estimate of drug-likeness (QED) is 0.625. The van der Waals surface area contributed by atoms with Gasteiger partial charge < -0.3 is 19.5 Å². The minimum atomic E-state index is 0.0791. The molecule has 0 unspecified atom stereocenters. The molecule has 0 saturated heterocycles. The normalized spacial score (nSPS) is 10.2. The zero-order valence-corrected chi connectivity index (χ0v) is 11.9. The van der Waals surface area contributed by atoms with Crippen molar-refractivity contribution in [2.75, 3.05) is 40.1 Å². The molecule has 5 heteroatoms. The molecule has 0 saturated carbocycles. The summed E-state index contributed by atoms with van der Waals surface area (Å²) in [6.07, 6.45) is 0.967. The number of benzene rings is 1. The Hall–Kier alpha value is -1.61. The summed E-state index contributed by atoms with van der Waals surface area (Å²) in [6.45, 7) is 3.78. The molecule has 0 spiro atoms. The maximum atomic E-state index is 8.47. The van der Waals surface area contributed by atoms with Gasteiger partial charge >= 0.3 is 0 Å². The first-order valence-corrected chi connectivity index (χ1v) is 6.73. The van der Waals surface area contributed by atoms with Gasteiger partial charge in [0.2, 0.25) is 0 Å². The SMILES string of the molecule is COCCOCCCNCc1cccc(OCC#N)c1. The van der Waals surface area contributed by atoms with Gasteiger partial charge in [0.05, 0.1) is 13.2 Å². The molecule has 0 aromatic heterocycles. The highest BCUT2D eigenvalue weighted by Gasteiger charge is 1.97. The highest BCUT2D eigenvalue weighted by molar-refractivity contribution is 5.28. The third kappa shape index (κ3) is 7.74. The van der Waals surface area contributed by atoms with Crippen LogP contribution in [0.15, 0.2) is 24.3 Å². The molecule has 1 N–H and O–H groups in total. The average Bonchev–Trinajstić information content (AvgIpc) is 2.48. The van der Waals surface area contributed by atoms with E-state index in [1.807, 2.05) is 30.3 Å². The summed E-state index contributed by atoms with van der Waals surface area (Å²) in [4.78, 5) is 0. The molecule has 0 aliphatic heterocycles. The molecular weight excluding hydrogens is 256 g/mol. The van der Waals surface area contributed by atoms with Gasteiger partial charge in [-0.15, -0.1) is 0 Å². The molecule has 0 aliphatic rings. The van der Waals surface area contributed by atoms with Gasteiger partial charge in [-0.2, -0.15) is 5.26 Å². The number of nitrogens with zero attached hydrogens (tertiary/aromatic N) is 1. The number of ether oxygens (including phenoxy) is 3. The fraction of sp³-hybridized carbons (Fsp3) is 0.533. The number of hydrogen-bond acceptors (Lipinski definition) is 5. The second kappa shape index (κ2) is 11.2.